The molecule has 172 valence electrons. The molecule has 0 unspecified atom stereocenters. The van der Waals surface area contributed by atoms with Crippen molar-refractivity contribution in [2.24, 2.45) is 0 Å². The van der Waals surface area contributed by atoms with E-state index in [0.29, 0.717) is 0 Å². The monoisotopic (exact) mass is 464 g/mol. The van der Waals surface area contributed by atoms with Crippen molar-refractivity contribution >= 4 is 33.2 Å². The number of phenolic OH excluding ortho intramolecular Hbond substituents is 1. The van der Waals surface area contributed by atoms with Crippen molar-refractivity contribution in [3.63, 3.8) is 0 Å². The van der Waals surface area contributed by atoms with E-state index in [1.54, 1.807) is 14.2 Å². The average Bonchev–Trinajstić information content (AvgIpc) is 2.82. The van der Waals surface area contributed by atoms with Crippen LogP contribution in [0.25, 0.3) is 32.9 Å². The summed E-state index contributed by atoms with van der Waals surface area (Å²) in [6, 6.07) is 16.2. The maximum Gasteiger partial charge on any atom is 0.257 e. The maximum atomic E-state index is 11.1. The summed E-state index contributed by atoms with van der Waals surface area (Å²) in [6.45, 7) is 6.02. The number of hydrogen-bond acceptors (Lipinski definition) is 4. The van der Waals surface area contributed by atoms with Crippen molar-refractivity contribution in [1.82, 2.24) is 0 Å². The Bertz CT molecular complexity index is 1350. The molecular weight excluding hydrogens is 436 g/mol. The fraction of sp³-hybridized carbons (Fsp3) is 0.296. The van der Waals surface area contributed by atoms with Crippen molar-refractivity contribution in [2.75, 3.05) is 25.7 Å². The third kappa shape index (κ3) is 3.25. The lowest BCUT2D eigenvalue weighted by molar-refractivity contribution is -0.645. The van der Waals surface area contributed by atoms with Gasteiger partial charge in [-0.3, -0.25) is 0 Å². The molecule has 0 spiro atoms. The summed E-state index contributed by atoms with van der Waals surface area (Å²) < 4.78 is 14.0. The minimum atomic E-state index is 0. The number of hydrogen-bond donors (Lipinski definition) is 1. The van der Waals surface area contributed by atoms with Gasteiger partial charge >= 0.3 is 0 Å². The van der Waals surface area contributed by atoms with Crippen molar-refractivity contribution < 1.29 is 31.6 Å². The Hall–Kier alpha value is -3.18. The number of benzene rings is 3. The van der Waals surface area contributed by atoms with Gasteiger partial charge in [0.15, 0.2) is 5.75 Å². The standard InChI is InChI=1S/C27H28N2O3.ClH/c1-5-15-28-17-9-7-11-21(31-3)23(17)26-24-18(10-8-12-22(24)32-4)29(16-6-2)27-20(30)14-13-19(28)25(26)27;/h7-14H,5-6,15-16H2,1-4H3;1H. The predicted octanol–water partition coefficient (Wildman–Crippen LogP) is 2.95. The van der Waals surface area contributed by atoms with Crippen LogP contribution in [0.2, 0.25) is 0 Å². The van der Waals surface area contributed by atoms with Gasteiger partial charge in [0.25, 0.3) is 5.52 Å². The lowest BCUT2D eigenvalue weighted by Gasteiger charge is -2.34. The van der Waals surface area contributed by atoms with Gasteiger partial charge in [-0.05, 0) is 36.8 Å². The zero-order valence-electron chi connectivity index (χ0n) is 19.5. The Morgan fingerprint density at radius 1 is 0.818 bits per heavy atom. The molecule has 6 heteroatoms. The first-order chi connectivity index (χ1) is 15.7. The minimum Gasteiger partial charge on any atom is -1.00 e. The second kappa shape index (κ2) is 8.99. The highest BCUT2D eigenvalue weighted by atomic mass is 35.5. The van der Waals surface area contributed by atoms with Crippen molar-refractivity contribution in [3.05, 3.63) is 48.5 Å². The number of aromatic hydroxyl groups is 1. The second-order valence-electron chi connectivity index (χ2n) is 8.21. The van der Waals surface area contributed by atoms with Gasteiger partial charge in [-0.1, -0.05) is 26.0 Å². The molecule has 1 aliphatic heterocycles. The van der Waals surface area contributed by atoms with Crippen LogP contribution in [0.5, 0.6) is 17.2 Å². The van der Waals surface area contributed by atoms with Gasteiger partial charge in [0.2, 0.25) is 5.52 Å². The fourth-order valence-corrected chi connectivity index (χ4v) is 5.19. The van der Waals surface area contributed by atoms with E-state index in [2.05, 4.69) is 35.4 Å². The number of pyridine rings is 1. The topological polar surface area (TPSA) is 45.8 Å². The van der Waals surface area contributed by atoms with E-state index in [4.69, 9.17) is 9.47 Å². The SMILES string of the molecule is CCCN1c2cccc(OC)c2-c2c3c(OC)cccc3[n+](CCC)c3c(O)ccc1c23.[Cl-]. The van der Waals surface area contributed by atoms with E-state index in [-0.39, 0.29) is 18.2 Å². The van der Waals surface area contributed by atoms with Crippen LogP contribution in [-0.4, -0.2) is 25.9 Å². The van der Waals surface area contributed by atoms with Crippen molar-refractivity contribution in [1.29, 1.82) is 0 Å². The van der Waals surface area contributed by atoms with Crippen LogP contribution < -0.4 is 31.3 Å². The molecule has 1 N–H and O–H groups in total. The molecule has 4 aromatic rings. The number of rotatable bonds is 6. The maximum absolute atomic E-state index is 11.1. The third-order valence-electron chi connectivity index (χ3n) is 6.37. The molecule has 0 radical (unpaired) electrons. The summed E-state index contributed by atoms with van der Waals surface area (Å²) in [5, 5.41) is 13.2. The van der Waals surface area contributed by atoms with Crippen LogP contribution in [0.15, 0.2) is 48.5 Å². The van der Waals surface area contributed by atoms with Gasteiger partial charge in [0, 0.05) is 30.2 Å². The third-order valence-corrected chi connectivity index (χ3v) is 6.37. The van der Waals surface area contributed by atoms with E-state index < -0.39 is 0 Å². The van der Waals surface area contributed by atoms with Gasteiger partial charge in [0.1, 0.15) is 18.0 Å². The van der Waals surface area contributed by atoms with Gasteiger partial charge < -0.3 is 31.9 Å². The molecule has 0 saturated carbocycles. The molecule has 0 fully saturated rings. The van der Waals surface area contributed by atoms with Crippen LogP contribution in [0, 0.1) is 0 Å². The molecule has 3 aromatic carbocycles. The first kappa shape index (κ1) is 23.0. The number of aromatic nitrogens is 1. The molecule has 0 amide bonds. The highest BCUT2D eigenvalue weighted by Gasteiger charge is 2.35. The van der Waals surface area contributed by atoms with Crippen LogP contribution in [0.4, 0.5) is 11.4 Å². The Morgan fingerprint density at radius 2 is 1.55 bits per heavy atom. The van der Waals surface area contributed by atoms with Gasteiger partial charge in [-0.15, -0.1) is 0 Å². The zero-order valence-corrected chi connectivity index (χ0v) is 20.2. The van der Waals surface area contributed by atoms with Crippen LogP contribution in [0.3, 0.4) is 0 Å². The molecule has 2 heterocycles. The number of halogens is 1. The number of phenols is 1. The van der Waals surface area contributed by atoms with E-state index >= 15 is 0 Å². The summed E-state index contributed by atoms with van der Waals surface area (Å²) >= 11 is 0. The lowest BCUT2D eigenvalue weighted by Crippen LogP contribution is -3.00. The molecule has 0 saturated heterocycles. The first-order valence-electron chi connectivity index (χ1n) is 11.3. The van der Waals surface area contributed by atoms with Crippen molar-refractivity contribution in [3.8, 4) is 28.4 Å². The van der Waals surface area contributed by atoms with Gasteiger partial charge in [-0.2, -0.15) is 4.57 Å². The molecule has 0 aliphatic carbocycles. The number of ether oxygens (including phenoxy) is 2. The zero-order chi connectivity index (χ0) is 22.4. The summed E-state index contributed by atoms with van der Waals surface area (Å²) in [7, 11) is 3.43. The molecule has 5 rings (SSSR count). The first-order valence-corrected chi connectivity index (χ1v) is 11.3. The Morgan fingerprint density at radius 3 is 2.24 bits per heavy atom. The summed E-state index contributed by atoms with van der Waals surface area (Å²) in [5.74, 6) is 1.93. The Kier molecular flexibility index (Phi) is 6.26. The highest BCUT2D eigenvalue weighted by molar-refractivity contribution is 6.20. The molecule has 1 aromatic heterocycles. The van der Waals surface area contributed by atoms with Crippen LogP contribution in [0.1, 0.15) is 26.7 Å². The highest BCUT2D eigenvalue weighted by Crippen LogP contribution is 2.55. The lowest BCUT2D eigenvalue weighted by atomic mass is 9.88. The van der Waals surface area contributed by atoms with E-state index in [0.717, 1.165) is 81.7 Å². The van der Waals surface area contributed by atoms with Crippen molar-refractivity contribution in [2.45, 2.75) is 33.2 Å². The molecule has 0 bridgehead atoms. The van der Waals surface area contributed by atoms with E-state index in [1.807, 2.05) is 36.4 Å². The fourth-order valence-electron chi connectivity index (χ4n) is 5.19. The number of anilines is 2. The molecule has 0 atom stereocenters. The molecule has 5 nitrogen and oxygen atoms in total. The quantitative estimate of drug-likeness (QED) is 0.352. The van der Waals surface area contributed by atoms with E-state index in [9.17, 15) is 5.11 Å². The minimum absolute atomic E-state index is 0. The number of aryl methyl sites for hydroxylation is 1. The Labute approximate surface area is 200 Å². The normalized spacial score (nSPS) is 11.9. The van der Waals surface area contributed by atoms with Gasteiger partial charge in [0.05, 0.1) is 36.4 Å². The average molecular weight is 465 g/mol. The van der Waals surface area contributed by atoms with Gasteiger partial charge in [-0.25, -0.2) is 0 Å². The largest absolute Gasteiger partial charge is 1.00 e. The second-order valence-corrected chi connectivity index (χ2v) is 8.21. The molecule has 33 heavy (non-hydrogen) atoms. The van der Waals surface area contributed by atoms with Crippen LogP contribution in [-0.2, 0) is 6.54 Å². The predicted molar refractivity (Wildman–Crippen MR) is 129 cm³/mol. The number of fused-ring (bicyclic) bond motifs is 4. The smallest absolute Gasteiger partial charge is 0.257 e. The summed E-state index contributed by atoms with van der Waals surface area (Å²) in [6.07, 6.45) is 1.95. The Balaban J connectivity index is 0.00000259. The summed E-state index contributed by atoms with van der Waals surface area (Å²) in [5.41, 5.74) is 6.23. The summed E-state index contributed by atoms with van der Waals surface area (Å²) in [4.78, 5) is 2.35. The number of nitrogens with zero attached hydrogens (tertiary/aromatic N) is 2. The van der Waals surface area contributed by atoms with Crippen LogP contribution >= 0.6 is 0 Å². The van der Waals surface area contributed by atoms with E-state index in [1.165, 1.54) is 0 Å². The molecule has 1 aliphatic rings. The number of methoxy groups -OCH3 is 2. The molecular formula is C27H29ClN2O3.